The van der Waals surface area contributed by atoms with Gasteiger partial charge in [-0.05, 0) is 31.1 Å². The zero-order valence-electron chi connectivity index (χ0n) is 8.44. The van der Waals surface area contributed by atoms with Crippen molar-refractivity contribution >= 4 is 5.91 Å². The Hall–Kier alpha value is -1.50. The highest BCUT2D eigenvalue weighted by molar-refractivity contribution is 5.89. The average Bonchev–Trinajstić information content (AvgIpc) is 2.90. The highest BCUT2D eigenvalue weighted by Crippen LogP contribution is 2.05. The Morgan fingerprint density at radius 2 is 2.27 bits per heavy atom. The van der Waals surface area contributed by atoms with Gasteiger partial charge < -0.3 is 10.2 Å². The van der Waals surface area contributed by atoms with Gasteiger partial charge in [0.05, 0.1) is 0 Å². The third kappa shape index (κ3) is 2.72. The number of rotatable bonds is 4. The van der Waals surface area contributed by atoms with E-state index in [0.29, 0.717) is 6.54 Å². The third-order valence-corrected chi connectivity index (χ3v) is 2.46. The molecule has 2 N–H and O–H groups in total. The number of aromatic amines is 1. The molecule has 0 bridgehead atoms. The molecular weight excluding hydrogens is 196 g/mol. The predicted octanol–water partition coefficient (Wildman–Crippen LogP) is -0.975. The molecule has 1 aromatic heterocycles. The van der Waals surface area contributed by atoms with Crippen molar-refractivity contribution in [1.29, 1.82) is 0 Å². The van der Waals surface area contributed by atoms with E-state index in [1.165, 1.54) is 12.8 Å². The minimum Gasteiger partial charge on any atom is -0.348 e. The topological polar surface area (TPSA) is 86.8 Å². The minimum atomic E-state index is -0.275. The molecule has 2 rings (SSSR count). The molecule has 1 aromatic rings. The van der Waals surface area contributed by atoms with Gasteiger partial charge >= 0.3 is 0 Å². The van der Waals surface area contributed by atoms with Crippen LogP contribution in [-0.2, 0) is 0 Å². The van der Waals surface area contributed by atoms with Gasteiger partial charge in [-0.25, -0.2) is 0 Å². The molecule has 1 aliphatic heterocycles. The lowest BCUT2D eigenvalue weighted by atomic mass is 10.4. The third-order valence-electron chi connectivity index (χ3n) is 2.46. The van der Waals surface area contributed by atoms with E-state index in [1.807, 2.05) is 0 Å². The summed E-state index contributed by atoms with van der Waals surface area (Å²) in [6.07, 6.45) is 2.53. The molecule has 0 radical (unpaired) electrons. The molecule has 0 unspecified atom stereocenters. The molecule has 0 aliphatic carbocycles. The van der Waals surface area contributed by atoms with E-state index < -0.39 is 0 Å². The summed E-state index contributed by atoms with van der Waals surface area (Å²) in [6.45, 7) is 3.80. The van der Waals surface area contributed by atoms with E-state index in [-0.39, 0.29) is 11.7 Å². The number of nitrogens with zero attached hydrogens (tertiary/aromatic N) is 4. The van der Waals surface area contributed by atoms with E-state index in [0.717, 1.165) is 19.6 Å². The van der Waals surface area contributed by atoms with Crippen molar-refractivity contribution in [3.8, 4) is 0 Å². The zero-order chi connectivity index (χ0) is 10.5. The molecule has 1 fully saturated rings. The van der Waals surface area contributed by atoms with Gasteiger partial charge in [0.15, 0.2) is 0 Å². The van der Waals surface area contributed by atoms with Crippen molar-refractivity contribution in [1.82, 2.24) is 30.8 Å². The highest BCUT2D eigenvalue weighted by Gasteiger charge is 2.13. The molecule has 0 atom stereocenters. The van der Waals surface area contributed by atoms with Crippen molar-refractivity contribution in [2.24, 2.45) is 0 Å². The van der Waals surface area contributed by atoms with Crippen LogP contribution in [0.1, 0.15) is 23.5 Å². The van der Waals surface area contributed by atoms with Crippen LogP contribution in [0.5, 0.6) is 0 Å². The fraction of sp³-hybridized carbons (Fsp3) is 0.750. The van der Waals surface area contributed by atoms with Crippen LogP contribution in [0.15, 0.2) is 0 Å². The van der Waals surface area contributed by atoms with E-state index in [4.69, 9.17) is 0 Å². The van der Waals surface area contributed by atoms with Crippen LogP contribution >= 0.6 is 0 Å². The molecule has 1 saturated heterocycles. The first kappa shape index (κ1) is 10.0. The lowest BCUT2D eigenvalue weighted by Crippen LogP contribution is -2.33. The van der Waals surface area contributed by atoms with Crippen LogP contribution in [0.25, 0.3) is 0 Å². The minimum absolute atomic E-state index is 0.0939. The van der Waals surface area contributed by atoms with E-state index >= 15 is 0 Å². The number of carbonyl (C=O) groups excluding carboxylic acids is 1. The number of carbonyl (C=O) groups is 1. The number of likely N-dealkylation sites (tertiary alicyclic amines) is 1. The van der Waals surface area contributed by atoms with Crippen LogP contribution in [0.4, 0.5) is 0 Å². The van der Waals surface area contributed by atoms with Gasteiger partial charge in [0, 0.05) is 13.1 Å². The Balaban J connectivity index is 1.67. The van der Waals surface area contributed by atoms with Crippen LogP contribution in [-0.4, -0.2) is 57.6 Å². The molecule has 1 amide bonds. The Morgan fingerprint density at radius 3 is 2.93 bits per heavy atom. The SMILES string of the molecule is O=C(NCCN1CCCC1)c1nn[nH]n1. The zero-order valence-corrected chi connectivity index (χ0v) is 8.44. The molecule has 0 aromatic carbocycles. The molecule has 15 heavy (non-hydrogen) atoms. The number of hydrogen-bond acceptors (Lipinski definition) is 5. The molecule has 82 valence electrons. The summed E-state index contributed by atoms with van der Waals surface area (Å²) in [7, 11) is 0. The maximum Gasteiger partial charge on any atom is 0.292 e. The fourth-order valence-corrected chi connectivity index (χ4v) is 1.67. The summed E-state index contributed by atoms with van der Waals surface area (Å²) in [5.74, 6) is -0.181. The van der Waals surface area contributed by atoms with Crippen LogP contribution in [0.2, 0.25) is 0 Å². The van der Waals surface area contributed by atoms with Crippen molar-refractivity contribution < 1.29 is 4.79 Å². The summed E-state index contributed by atoms with van der Waals surface area (Å²) in [6, 6.07) is 0. The maximum atomic E-state index is 11.4. The first-order valence-corrected chi connectivity index (χ1v) is 5.10. The summed E-state index contributed by atoms with van der Waals surface area (Å²) < 4.78 is 0. The number of nitrogens with one attached hydrogen (secondary N) is 2. The number of amides is 1. The normalized spacial score (nSPS) is 16.8. The highest BCUT2D eigenvalue weighted by atomic mass is 16.2. The van der Waals surface area contributed by atoms with E-state index in [9.17, 15) is 4.79 Å². The lowest BCUT2D eigenvalue weighted by Gasteiger charge is -2.13. The van der Waals surface area contributed by atoms with Gasteiger partial charge in [0.2, 0.25) is 0 Å². The standard InChI is InChI=1S/C8H14N6O/c15-8(7-10-12-13-11-7)9-3-6-14-4-1-2-5-14/h1-6H2,(H,9,15)(H,10,11,12,13). The molecule has 0 spiro atoms. The summed E-state index contributed by atoms with van der Waals surface area (Å²) >= 11 is 0. The van der Waals surface area contributed by atoms with E-state index in [2.05, 4.69) is 30.8 Å². The van der Waals surface area contributed by atoms with Crippen LogP contribution in [0, 0.1) is 0 Å². The van der Waals surface area contributed by atoms with Gasteiger partial charge in [-0.2, -0.15) is 5.21 Å². The van der Waals surface area contributed by atoms with Gasteiger partial charge in [-0.15, -0.1) is 10.2 Å². The van der Waals surface area contributed by atoms with Crippen molar-refractivity contribution in [3.63, 3.8) is 0 Å². The van der Waals surface area contributed by atoms with Crippen LogP contribution in [0.3, 0.4) is 0 Å². The second-order valence-corrected chi connectivity index (χ2v) is 3.54. The number of aromatic nitrogens is 4. The van der Waals surface area contributed by atoms with Gasteiger partial charge in [0.25, 0.3) is 11.7 Å². The molecule has 7 heteroatoms. The Kier molecular flexibility index (Phi) is 3.23. The molecule has 1 aliphatic rings. The van der Waals surface area contributed by atoms with Crippen molar-refractivity contribution in [3.05, 3.63) is 5.82 Å². The average molecular weight is 210 g/mol. The fourth-order valence-electron chi connectivity index (χ4n) is 1.67. The Labute approximate surface area is 87.2 Å². The second kappa shape index (κ2) is 4.83. The first-order chi connectivity index (χ1) is 7.36. The largest absolute Gasteiger partial charge is 0.348 e. The van der Waals surface area contributed by atoms with E-state index in [1.54, 1.807) is 0 Å². The monoisotopic (exact) mass is 210 g/mol. The molecule has 2 heterocycles. The van der Waals surface area contributed by atoms with Gasteiger partial charge in [-0.1, -0.05) is 0 Å². The Bertz CT molecular complexity index is 305. The summed E-state index contributed by atoms with van der Waals surface area (Å²) in [4.78, 5) is 13.7. The quantitative estimate of drug-likeness (QED) is 0.667. The summed E-state index contributed by atoms with van der Waals surface area (Å²) in [5, 5.41) is 15.5. The first-order valence-electron chi connectivity index (χ1n) is 5.10. The molecular formula is C8H14N6O. The van der Waals surface area contributed by atoms with Gasteiger partial charge in [-0.3, -0.25) is 4.79 Å². The Morgan fingerprint density at radius 1 is 1.47 bits per heavy atom. The molecule has 0 saturated carbocycles. The lowest BCUT2D eigenvalue weighted by molar-refractivity contribution is 0.0939. The number of H-pyrrole nitrogens is 1. The maximum absolute atomic E-state index is 11.4. The van der Waals surface area contributed by atoms with Gasteiger partial charge in [0.1, 0.15) is 0 Å². The van der Waals surface area contributed by atoms with Crippen LogP contribution < -0.4 is 5.32 Å². The summed E-state index contributed by atoms with van der Waals surface area (Å²) in [5.41, 5.74) is 0. The number of tetrazole rings is 1. The van der Waals surface area contributed by atoms with Crippen molar-refractivity contribution in [2.45, 2.75) is 12.8 Å². The molecule has 7 nitrogen and oxygen atoms in total. The second-order valence-electron chi connectivity index (χ2n) is 3.54. The predicted molar refractivity (Wildman–Crippen MR) is 52.2 cm³/mol. The number of hydrogen-bond donors (Lipinski definition) is 2. The smallest absolute Gasteiger partial charge is 0.292 e. The van der Waals surface area contributed by atoms with Crippen molar-refractivity contribution in [2.75, 3.05) is 26.2 Å².